The Bertz CT molecular complexity index is 1200. The molecule has 0 aliphatic carbocycles. The van der Waals surface area contributed by atoms with Gasteiger partial charge in [-0.2, -0.15) is 5.10 Å². The van der Waals surface area contributed by atoms with Crippen molar-refractivity contribution in [1.82, 2.24) is 25.6 Å². The van der Waals surface area contributed by atoms with Crippen molar-refractivity contribution < 1.29 is 9.59 Å². The SMILES string of the molecule is C/C(=N\NC(=O)c1ccc(C(=O)NN(C)C)s1)c1c(C)[nH]n(-c2ccc(C)cc2)c1=O. The first kappa shape index (κ1) is 22.2. The number of aryl methyl sites for hydroxylation is 2. The van der Waals surface area contributed by atoms with Crippen molar-refractivity contribution in [2.45, 2.75) is 20.8 Å². The molecule has 0 saturated carbocycles. The van der Waals surface area contributed by atoms with Crippen LogP contribution in [0.5, 0.6) is 0 Å². The topological polar surface area (TPSA) is 112 Å². The number of amides is 2. The summed E-state index contributed by atoms with van der Waals surface area (Å²) in [5.74, 6) is -0.756. The van der Waals surface area contributed by atoms with Crippen LogP contribution in [0.2, 0.25) is 0 Å². The van der Waals surface area contributed by atoms with Crippen molar-refractivity contribution in [2.24, 2.45) is 5.10 Å². The van der Waals surface area contributed by atoms with Gasteiger partial charge in [0.1, 0.15) is 0 Å². The molecule has 2 heterocycles. The van der Waals surface area contributed by atoms with Gasteiger partial charge in [-0.1, -0.05) is 17.7 Å². The van der Waals surface area contributed by atoms with Crippen LogP contribution in [0, 0.1) is 13.8 Å². The minimum atomic E-state index is -0.458. The monoisotopic (exact) mass is 440 g/mol. The number of nitrogens with one attached hydrogen (secondary N) is 3. The molecular weight excluding hydrogens is 416 g/mol. The van der Waals surface area contributed by atoms with Gasteiger partial charge in [0.05, 0.1) is 26.7 Å². The first-order valence-electron chi connectivity index (χ1n) is 9.49. The summed E-state index contributed by atoms with van der Waals surface area (Å²) >= 11 is 1.06. The van der Waals surface area contributed by atoms with Gasteiger partial charge in [-0.3, -0.25) is 24.9 Å². The number of hydrazine groups is 1. The molecule has 3 rings (SSSR count). The summed E-state index contributed by atoms with van der Waals surface area (Å²) in [5.41, 5.74) is 8.03. The summed E-state index contributed by atoms with van der Waals surface area (Å²) < 4.78 is 1.44. The number of aromatic amines is 1. The molecule has 0 spiro atoms. The highest BCUT2D eigenvalue weighted by atomic mass is 32.1. The van der Waals surface area contributed by atoms with Crippen LogP contribution in [0.15, 0.2) is 46.3 Å². The van der Waals surface area contributed by atoms with E-state index < -0.39 is 5.91 Å². The van der Waals surface area contributed by atoms with Gasteiger partial charge in [-0.15, -0.1) is 11.3 Å². The molecule has 0 unspecified atom stereocenters. The maximum absolute atomic E-state index is 12.9. The number of benzene rings is 1. The van der Waals surface area contributed by atoms with E-state index in [9.17, 15) is 14.4 Å². The Labute approximate surface area is 183 Å². The van der Waals surface area contributed by atoms with Gasteiger partial charge in [0.2, 0.25) is 0 Å². The molecule has 0 atom stereocenters. The zero-order chi connectivity index (χ0) is 22.7. The van der Waals surface area contributed by atoms with Gasteiger partial charge < -0.3 is 0 Å². The number of hydrogen-bond acceptors (Lipinski definition) is 6. The Hall–Kier alpha value is -3.50. The third-order valence-electron chi connectivity index (χ3n) is 4.43. The number of hydrazone groups is 1. The van der Waals surface area contributed by atoms with Gasteiger partial charge in [-0.25, -0.2) is 15.1 Å². The molecule has 2 aromatic heterocycles. The quantitative estimate of drug-likeness (QED) is 0.403. The number of hydrogen-bond donors (Lipinski definition) is 3. The van der Waals surface area contributed by atoms with Gasteiger partial charge in [-0.05, 0) is 45.0 Å². The van der Waals surface area contributed by atoms with E-state index in [0.29, 0.717) is 32.4 Å². The summed E-state index contributed by atoms with van der Waals surface area (Å²) in [6.07, 6.45) is 0. The summed E-state index contributed by atoms with van der Waals surface area (Å²) in [5, 5.41) is 8.67. The fraction of sp³-hybridized carbons (Fsp3) is 0.238. The Morgan fingerprint density at radius 3 is 2.26 bits per heavy atom. The molecule has 0 saturated heterocycles. The third kappa shape index (κ3) is 4.98. The molecule has 0 bridgehead atoms. The number of H-pyrrole nitrogens is 1. The molecule has 162 valence electrons. The summed E-state index contributed by atoms with van der Waals surface area (Å²) in [4.78, 5) is 38.1. The van der Waals surface area contributed by atoms with E-state index in [0.717, 1.165) is 16.9 Å². The van der Waals surface area contributed by atoms with Crippen LogP contribution in [0.25, 0.3) is 5.69 Å². The average molecular weight is 441 g/mol. The van der Waals surface area contributed by atoms with Crippen LogP contribution < -0.4 is 16.4 Å². The van der Waals surface area contributed by atoms with Crippen molar-refractivity contribution in [1.29, 1.82) is 0 Å². The van der Waals surface area contributed by atoms with E-state index in [1.54, 1.807) is 40.1 Å². The zero-order valence-electron chi connectivity index (χ0n) is 17.9. The first-order chi connectivity index (χ1) is 14.7. The number of aromatic nitrogens is 2. The highest BCUT2D eigenvalue weighted by molar-refractivity contribution is 7.15. The van der Waals surface area contributed by atoms with Crippen LogP contribution in [-0.4, -0.2) is 46.4 Å². The number of nitrogens with zero attached hydrogens (tertiary/aromatic N) is 3. The highest BCUT2D eigenvalue weighted by Crippen LogP contribution is 2.16. The molecule has 3 N–H and O–H groups in total. The lowest BCUT2D eigenvalue weighted by Crippen LogP contribution is -2.35. The van der Waals surface area contributed by atoms with E-state index in [1.165, 1.54) is 9.69 Å². The largest absolute Gasteiger partial charge is 0.295 e. The zero-order valence-corrected chi connectivity index (χ0v) is 18.8. The van der Waals surface area contributed by atoms with E-state index >= 15 is 0 Å². The van der Waals surface area contributed by atoms with Gasteiger partial charge >= 0.3 is 0 Å². The van der Waals surface area contributed by atoms with E-state index in [4.69, 9.17) is 0 Å². The summed E-state index contributed by atoms with van der Waals surface area (Å²) in [6.45, 7) is 5.40. The minimum Gasteiger partial charge on any atom is -0.295 e. The number of rotatable bonds is 6. The van der Waals surface area contributed by atoms with Crippen molar-refractivity contribution in [3.05, 3.63) is 73.3 Å². The van der Waals surface area contributed by atoms with Crippen molar-refractivity contribution in [3.8, 4) is 5.69 Å². The standard InChI is InChI=1S/C21H24N6O3S/c1-12-6-8-15(9-7-12)27-21(30)18(14(3)24-27)13(2)22-23-19(28)16-10-11-17(31-16)20(29)25-26(4)5/h6-11,24H,1-5H3,(H,23,28)(H,25,29)/b22-13+. The lowest BCUT2D eigenvalue weighted by atomic mass is 10.2. The molecule has 0 radical (unpaired) electrons. The predicted octanol–water partition coefficient (Wildman–Crippen LogP) is 2.20. The number of thiophene rings is 1. The third-order valence-corrected chi connectivity index (χ3v) is 5.51. The minimum absolute atomic E-state index is 0.254. The fourth-order valence-electron chi connectivity index (χ4n) is 2.93. The second-order valence-electron chi connectivity index (χ2n) is 7.23. The summed E-state index contributed by atoms with van der Waals surface area (Å²) in [7, 11) is 3.40. The van der Waals surface area contributed by atoms with E-state index in [-0.39, 0.29) is 11.5 Å². The van der Waals surface area contributed by atoms with Crippen LogP contribution >= 0.6 is 11.3 Å². The van der Waals surface area contributed by atoms with Gasteiger partial charge in [0.25, 0.3) is 17.4 Å². The van der Waals surface area contributed by atoms with Crippen molar-refractivity contribution in [3.63, 3.8) is 0 Å². The molecule has 10 heteroatoms. The fourth-order valence-corrected chi connectivity index (χ4v) is 3.72. The van der Waals surface area contributed by atoms with E-state index in [2.05, 4.69) is 21.1 Å². The Morgan fingerprint density at radius 2 is 1.65 bits per heavy atom. The average Bonchev–Trinajstić information content (AvgIpc) is 3.31. The van der Waals surface area contributed by atoms with Crippen LogP contribution in [0.1, 0.15) is 43.1 Å². The smallest absolute Gasteiger partial charge is 0.281 e. The molecular formula is C21H24N6O3S. The highest BCUT2D eigenvalue weighted by Gasteiger charge is 2.17. The van der Waals surface area contributed by atoms with Crippen molar-refractivity contribution >= 4 is 28.9 Å². The number of carbonyl (C=O) groups is 2. The Kier molecular flexibility index (Phi) is 6.52. The molecule has 0 fully saturated rings. The Morgan fingerprint density at radius 1 is 1.03 bits per heavy atom. The molecule has 1 aromatic carbocycles. The maximum atomic E-state index is 12.9. The maximum Gasteiger partial charge on any atom is 0.281 e. The molecule has 3 aromatic rings. The van der Waals surface area contributed by atoms with Crippen LogP contribution in [0.3, 0.4) is 0 Å². The van der Waals surface area contributed by atoms with Gasteiger partial charge in [0, 0.05) is 19.8 Å². The molecule has 0 aliphatic rings. The second-order valence-corrected chi connectivity index (χ2v) is 8.31. The molecule has 9 nitrogen and oxygen atoms in total. The van der Waals surface area contributed by atoms with Crippen molar-refractivity contribution in [2.75, 3.05) is 14.1 Å². The lowest BCUT2D eigenvalue weighted by Gasteiger charge is -2.09. The lowest BCUT2D eigenvalue weighted by molar-refractivity contribution is 0.0861. The van der Waals surface area contributed by atoms with Crippen LogP contribution in [-0.2, 0) is 0 Å². The first-order valence-corrected chi connectivity index (χ1v) is 10.3. The number of carbonyl (C=O) groups excluding carboxylic acids is 2. The predicted molar refractivity (Wildman–Crippen MR) is 121 cm³/mol. The van der Waals surface area contributed by atoms with Crippen LogP contribution in [0.4, 0.5) is 0 Å². The second kappa shape index (κ2) is 9.11. The summed E-state index contributed by atoms with van der Waals surface area (Å²) in [6, 6.07) is 10.7. The molecule has 31 heavy (non-hydrogen) atoms. The molecule has 2 amide bonds. The normalized spacial score (nSPS) is 11.6. The van der Waals surface area contributed by atoms with E-state index in [1.807, 2.05) is 31.2 Å². The molecule has 0 aliphatic heterocycles. The van der Waals surface area contributed by atoms with Gasteiger partial charge in [0.15, 0.2) is 0 Å². The Balaban J connectivity index is 1.77.